The Kier molecular flexibility index (Phi) is 5.62. The molecule has 7 heteroatoms. The van der Waals surface area contributed by atoms with Gasteiger partial charge in [0.25, 0.3) is 5.91 Å². The molecule has 0 spiro atoms. The quantitative estimate of drug-likeness (QED) is 0.752. The number of amides is 2. The lowest BCUT2D eigenvalue weighted by atomic mass is 10.1. The highest BCUT2D eigenvalue weighted by Crippen LogP contribution is 2.10. The molecule has 0 fully saturated rings. The van der Waals surface area contributed by atoms with Gasteiger partial charge in [-0.05, 0) is 24.1 Å². The summed E-state index contributed by atoms with van der Waals surface area (Å²) in [6.07, 6.45) is 0.708. The summed E-state index contributed by atoms with van der Waals surface area (Å²) in [4.78, 5) is 27.0. The van der Waals surface area contributed by atoms with E-state index in [1.165, 1.54) is 18.3 Å². The molecule has 0 unspecified atom stereocenters. The van der Waals surface area contributed by atoms with Crippen molar-refractivity contribution in [2.45, 2.75) is 19.9 Å². The summed E-state index contributed by atoms with van der Waals surface area (Å²) >= 11 is 1.38. The highest BCUT2D eigenvalue weighted by Gasteiger charge is 2.09. The van der Waals surface area contributed by atoms with Crippen LogP contribution in [0.2, 0.25) is 0 Å². The van der Waals surface area contributed by atoms with E-state index in [0.717, 1.165) is 16.3 Å². The first-order valence-corrected chi connectivity index (χ1v) is 7.75. The molecular formula is C15H18N4O2S. The van der Waals surface area contributed by atoms with Crippen molar-refractivity contribution in [1.29, 1.82) is 0 Å². The van der Waals surface area contributed by atoms with Crippen LogP contribution in [-0.2, 0) is 17.8 Å². The summed E-state index contributed by atoms with van der Waals surface area (Å²) < 4.78 is 0. The summed E-state index contributed by atoms with van der Waals surface area (Å²) in [5, 5.41) is 7.99. The Morgan fingerprint density at radius 2 is 2.00 bits per heavy atom. The predicted molar refractivity (Wildman–Crippen MR) is 86.8 cm³/mol. The normalized spacial score (nSPS) is 10.3. The fourth-order valence-electron chi connectivity index (χ4n) is 1.88. The van der Waals surface area contributed by atoms with E-state index in [1.807, 2.05) is 24.3 Å². The van der Waals surface area contributed by atoms with Crippen molar-refractivity contribution in [2.75, 3.05) is 11.9 Å². The lowest BCUT2D eigenvalue weighted by Crippen LogP contribution is -2.26. The van der Waals surface area contributed by atoms with Gasteiger partial charge in [0.2, 0.25) is 5.91 Å². The maximum Gasteiger partial charge on any atom is 0.270 e. The van der Waals surface area contributed by atoms with Crippen LogP contribution < -0.4 is 16.4 Å². The first-order chi connectivity index (χ1) is 10.6. The summed E-state index contributed by atoms with van der Waals surface area (Å²) in [5.74, 6) is -0.286. The van der Waals surface area contributed by atoms with Crippen LogP contribution in [0.1, 0.15) is 28.0 Å². The molecule has 0 aliphatic heterocycles. The number of rotatable bonds is 6. The summed E-state index contributed by atoms with van der Waals surface area (Å²) in [6.45, 7) is 2.34. The molecule has 0 aliphatic rings. The second-order valence-electron chi connectivity index (χ2n) is 4.71. The summed E-state index contributed by atoms with van der Waals surface area (Å²) in [7, 11) is 0. The van der Waals surface area contributed by atoms with Crippen LogP contribution in [0, 0.1) is 0 Å². The molecule has 0 saturated heterocycles. The minimum atomic E-state index is -0.189. The average molecular weight is 318 g/mol. The molecule has 22 heavy (non-hydrogen) atoms. The number of aromatic nitrogens is 1. The standard InChI is InChI=1S/C15H18N4O2S/c1-10(20)18-12-4-2-11(3-5-12)6-7-17-15(21)13-9-22-14(8-16)19-13/h2-5,9H,6-8,16H2,1H3,(H,17,21)(H,18,20). The molecule has 4 N–H and O–H groups in total. The van der Waals surface area contributed by atoms with Gasteiger partial charge in [-0.3, -0.25) is 9.59 Å². The molecule has 1 heterocycles. The zero-order valence-corrected chi connectivity index (χ0v) is 13.1. The van der Waals surface area contributed by atoms with E-state index in [-0.39, 0.29) is 11.8 Å². The zero-order chi connectivity index (χ0) is 15.9. The SMILES string of the molecule is CC(=O)Nc1ccc(CCNC(=O)c2csc(CN)n2)cc1. The number of hydrogen-bond acceptors (Lipinski definition) is 5. The molecule has 0 atom stereocenters. The fraction of sp³-hybridized carbons (Fsp3) is 0.267. The van der Waals surface area contributed by atoms with Gasteiger partial charge in [-0.2, -0.15) is 0 Å². The van der Waals surface area contributed by atoms with Gasteiger partial charge in [-0.1, -0.05) is 12.1 Å². The lowest BCUT2D eigenvalue weighted by molar-refractivity contribution is -0.114. The maximum atomic E-state index is 11.9. The van der Waals surface area contributed by atoms with Gasteiger partial charge >= 0.3 is 0 Å². The third-order valence-electron chi connectivity index (χ3n) is 2.93. The van der Waals surface area contributed by atoms with Gasteiger partial charge in [0.1, 0.15) is 10.7 Å². The Hall–Kier alpha value is -2.25. The molecule has 2 rings (SSSR count). The van der Waals surface area contributed by atoms with E-state index in [2.05, 4.69) is 15.6 Å². The predicted octanol–water partition coefficient (Wildman–Crippen LogP) is 1.53. The highest BCUT2D eigenvalue weighted by molar-refractivity contribution is 7.09. The van der Waals surface area contributed by atoms with Crippen molar-refractivity contribution in [1.82, 2.24) is 10.3 Å². The molecule has 2 aromatic rings. The van der Waals surface area contributed by atoms with E-state index in [1.54, 1.807) is 5.38 Å². The number of nitrogens with two attached hydrogens (primary N) is 1. The lowest BCUT2D eigenvalue weighted by Gasteiger charge is -2.06. The van der Waals surface area contributed by atoms with Crippen molar-refractivity contribution in [3.05, 3.63) is 45.9 Å². The topological polar surface area (TPSA) is 97.1 Å². The number of carbonyl (C=O) groups excluding carboxylic acids is 2. The smallest absolute Gasteiger partial charge is 0.270 e. The molecule has 1 aromatic heterocycles. The second kappa shape index (κ2) is 7.67. The van der Waals surface area contributed by atoms with Gasteiger partial charge in [0.05, 0.1) is 0 Å². The number of nitrogens with zero attached hydrogens (tertiary/aromatic N) is 1. The van der Waals surface area contributed by atoms with Crippen LogP contribution in [0.25, 0.3) is 0 Å². The van der Waals surface area contributed by atoms with Crippen molar-refractivity contribution in [3.8, 4) is 0 Å². The van der Waals surface area contributed by atoms with Gasteiger partial charge < -0.3 is 16.4 Å². The summed E-state index contributed by atoms with van der Waals surface area (Å²) in [5.41, 5.74) is 7.72. The fourth-order valence-corrected chi connectivity index (χ4v) is 2.53. The van der Waals surface area contributed by atoms with Gasteiger partial charge in [-0.25, -0.2) is 4.98 Å². The largest absolute Gasteiger partial charge is 0.350 e. The third-order valence-corrected chi connectivity index (χ3v) is 3.80. The zero-order valence-electron chi connectivity index (χ0n) is 12.3. The van der Waals surface area contributed by atoms with Crippen molar-refractivity contribution < 1.29 is 9.59 Å². The number of hydrogen-bond donors (Lipinski definition) is 3. The van der Waals surface area contributed by atoms with E-state index in [0.29, 0.717) is 25.2 Å². The van der Waals surface area contributed by atoms with Gasteiger partial charge in [0.15, 0.2) is 0 Å². The first-order valence-electron chi connectivity index (χ1n) is 6.87. The molecular weight excluding hydrogens is 300 g/mol. The van der Waals surface area contributed by atoms with Crippen LogP contribution in [-0.4, -0.2) is 23.3 Å². The Morgan fingerprint density at radius 3 is 2.59 bits per heavy atom. The van der Waals surface area contributed by atoms with E-state index >= 15 is 0 Å². The molecule has 6 nitrogen and oxygen atoms in total. The molecule has 2 amide bonds. The third kappa shape index (κ3) is 4.64. The van der Waals surface area contributed by atoms with Crippen molar-refractivity contribution in [3.63, 3.8) is 0 Å². The Labute approximate surface area is 132 Å². The van der Waals surface area contributed by atoms with Gasteiger partial charge in [0, 0.05) is 31.1 Å². The number of anilines is 1. The van der Waals surface area contributed by atoms with Crippen LogP contribution in [0.3, 0.4) is 0 Å². The van der Waals surface area contributed by atoms with Crippen molar-refractivity contribution in [2.24, 2.45) is 5.73 Å². The van der Waals surface area contributed by atoms with Crippen LogP contribution >= 0.6 is 11.3 Å². The Balaban J connectivity index is 1.80. The summed E-state index contributed by atoms with van der Waals surface area (Å²) in [6, 6.07) is 7.53. The molecule has 1 aromatic carbocycles. The Bertz CT molecular complexity index is 652. The minimum absolute atomic E-state index is 0.0971. The van der Waals surface area contributed by atoms with Crippen LogP contribution in [0.5, 0.6) is 0 Å². The van der Waals surface area contributed by atoms with Gasteiger partial charge in [-0.15, -0.1) is 11.3 Å². The number of thiazole rings is 1. The van der Waals surface area contributed by atoms with E-state index in [9.17, 15) is 9.59 Å². The minimum Gasteiger partial charge on any atom is -0.350 e. The second-order valence-corrected chi connectivity index (χ2v) is 5.66. The van der Waals surface area contributed by atoms with Crippen LogP contribution in [0.15, 0.2) is 29.6 Å². The van der Waals surface area contributed by atoms with E-state index < -0.39 is 0 Å². The molecule has 0 aliphatic carbocycles. The highest BCUT2D eigenvalue weighted by atomic mass is 32.1. The average Bonchev–Trinajstić information content (AvgIpc) is 2.97. The molecule has 0 saturated carbocycles. The Morgan fingerprint density at radius 1 is 1.27 bits per heavy atom. The molecule has 0 bridgehead atoms. The monoisotopic (exact) mass is 318 g/mol. The molecule has 0 radical (unpaired) electrons. The number of benzene rings is 1. The van der Waals surface area contributed by atoms with E-state index in [4.69, 9.17) is 5.73 Å². The number of carbonyl (C=O) groups is 2. The van der Waals surface area contributed by atoms with Crippen molar-refractivity contribution >= 4 is 28.8 Å². The van der Waals surface area contributed by atoms with Crippen LogP contribution in [0.4, 0.5) is 5.69 Å². The first kappa shape index (κ1) is 16.1. The maximum absolute atomic E-state index is 11.9. The molecule has 116 valence electrons. The number of nitrogens with one attached hydrogen (secondary N) is 2.